The molecule has 1 atom stereocenters. The van der Waals surface area contributed by atoms with E-state index in [-0.39, 0.29) is 5.91 Å². The summed E-state index contributed by atoms with van der Waals surface area (Å²) in [5.74, 6) is -1.33. The molecule has 1 saturated heterocycles. The predicted octanol–water partition coefficient (Wildman–Crippen LogP) is -2.03. The largest absolute Gasteiger partial charge is 0.355 e. The van der Waals surface area contributed by atoms with Crippen molar-refractivity contribution in [2.75, 3.05) is 38.2 Å². The molecule has 1 heterocycles. The molecular weight excluding hydrogens is 258 g/mol. The highest BCUT2D eigenvalue weighted by Gasteiger charge is 2.32. The molecule has 0 radical (unpaired) electrons. The van der Waals surface area contributed by atoms with Crippen LogP contribution < -0.4 is 10.6 Å². The van der Waals surface area contributed by atoms with E-state index >= 15 is 0 Å². The van der Waals surface area contributed by atoms with Crippen LogP contribution in [0.15, 0.2) is 0 Å². The zero-order chi connectivity index (χ0) is 13.8. The normalized spacial score (nSPS) is 20.6. The van der Waals surface area contributed by atoms with Gasteiger partial charge in [0.15, 0.2) is 9.84 Å². The average Bonchev–Trinajstić information content (AvgIpc) is 2.27. The van der Waals surface area contributed by atoms with Crippen molar-refractivity contribution in [2.45, 2.75) is 13.0 Å². The standard InChI is InChI=1S/C10H19N3O4S/c1-3-12-10(15)8-6-11-4-5-13(8)9(14)7-18(2,16)17/h8,11H,3-7H2,1-2H3,(H,12,15). The molecule has 1 aliphatic heterocycles. The quantitative estimate of drug-likeness (QED) is 0.618. The van der Waals surface area contributed by atoms with Crippen LogP contribution in [-0.2, 0) is 19.4 Å². The number of piperazine rings is 1. The summed E-state index contributed by atoms with van der Waals surface area (Å²) in [5, 5.41) is 5.66. The highest BCUT2D eigenvalue weighted by atomic mass is 32.2. The minimum atomic E-state index is -3.38. The number of hydrogen-bond donors (Lipinski definition) is 2. The van der Waals surface area contributed by atoms with Gasteiger partial charge in [-0.25, -0.2) is 8.42 Å². The van der Waals surface area contributed by atoms with Gasteiger partial charge in [-0.3, -0.25) is 9.59 Å². The maximum atomic E-state index is 11.9. The predicted molar refractivity (Wildman–Crippen MR) is 66.8 cm³/mol. The van der Waals surface area contributed by atoms with E-state index in [0.29, 0.717) is 26.2 Å². The van der Waals surface area contributed by atoms with E-state index in [0.717, 1.165) is 6.26 Å². The van der Waals surface area contributed by atoms with E-state index in [1.54, 1.807) is 6.92 Å². The molecule has 1 rings (SSSR count). The van der Waals surface area contributed by atoms with Crippen LogP contribution >= 0.6 is 0 Å². The summed E-state index contributed by atoms with van der Waals surface area (Å²) in [7, 11) is -3.38. The van der Waals surface area contributed by atoms with Crippen molar-refractivity contribution >= 4 is 21.7 Å². The number of carbonyl (C=O) groups is 2. The third kappa shape index (κ3) is 4.26. The minimum absolute atomic E-state index is 0.258. The van der Waals surface area contributed by atoms with Crippen molar-refractivity contribution in [3.8, 4) is 0 Å². The molecule has 8 heteroatoms. The van der Waals surface area contributed by atoms with E-state index in [9.17, 15) is 18.0 Å². The molecule has 0 saturated carbocycles. The fourth-order valence-electron chi connectivity index (χ4n) is 1.84. The first-order chi connectivity index (χ1) is 8.35. The summed E-state index contributed by atoms with van der Waals surface area (Å²) in [6, 6.07) is -0.632. The molecule has 0 aromatic heterocycles. The lowest BCUT2D eigenvalue weighted by Crippen LogP contribution is -2.60. The molecular formula is C10H19N3O4S. The Morgan fingerprint density at radius 3 is 2.67 bits per heavy atom. The highest BCUT2D eigenvalue weighted by Crippen LogP contribution is 2.05. The third-order valence-corrected chi connectivity index (χ3v) is 3.37. The summed E-state index contributed by atoms with van der Waals surface area (Å²) < 4.78 is 22.2. The smallest absolute Gasteiger partial charge is 0.244 e. The molecule has 0 aromatic carbocycles. The summed E-state index contributed by atoms with van der Waals surface area (Å²) >= 11 is 0. The molecule has 104 valence electrons. The number of hydrogen-bond acceptors (Lipinski definition) is 5. The molecule has 1 unspecified atom stereocenters. The van der Waals surface area contributed by atoms with Crippen LogP contribution in [-0.4, -0.2) is 69.4 Å². The lowest BCUT2D eigenvalue weighted by atomic mass is 10.1. The second-order valence-electron chi connectivity index (χ2n) is 4.27. The maximum Gasteiger partial charge on any atom is 0.244 e. The van der Waals surface area contributed by atoms with E-state index in [1.165, 1.54) is 4.90 Å². The van der Waals surface area contributed by atoms with Gasteiger partial charge in [-0.15, -0.1) is 0 Å². The fourth-order valence-corrected chi connectivity index (χ4v) is 2.45. The van der Waals surface area contributed by atoms with Gasteiger partial charge in [0.05, 0.1) is 0 Å². The Bertz CT molecular complexity index is 421. The zero-order valence-corrected chi connectivity index (χ0v) is 11.4. The van der Waals surface area contributed by atoms with Gasteiger partial charge in [0.25, 0.3) is 0 Å². The lowest BCUT2D eigenvalue weighted by molar-refractivity contribution is -0.139. The van der Waals surface area contributed by atoms with Gasteiger partial charge in [-0.2, -0.15) is 0 Å². The fraction of sp³-hybridized carbons (Fsp3) is 0.800. The van der Waals surface area contributed by atoms with Gasteiger partial charge in [-0.1, -0.05) is 0 Å². The number of amides is 2. The molecule has 0 aromatic rings. The molecule has 2 N–H and O–H groups in total. The topological polar surface area (TPSA) is 95.6 Å². The summed E-state index contributed by atoms with van der Waals surface area (Å²) in [6.07, 6.45) is 1.01. The Labute approximate surface area is 107 Å². The molecule has 1 fully saturated rings. The SMILES string of the molecule is CCNC(=O)C1CNCCN1C(=O)CS(C)(=O)=O. The van der Waals surface area contributed by atoms with Gasteiger partial charge in [-0.05, 0) is 6.92 Å². The molecule has 18 heavy (non-hydrogen) atoms. The summed E-state index contributed by atoms with van der Waals surface area (Å²) in [5.41, 5.74) is 0. The number of nitrogens with one attached hydrogen (secondary N) is 2. The van der Waals surface area contributed by atoms with Gasteiger partial charge in [0.2, 0.25) is 11.8 Å². The maximum absolute atomic E-state index is 11.9. The Balaban J connectivity index is 2.76. The molecule has 2 amide bonds. The van der Waals surface area contributed by atoms with Crippen LogP contribution in [0, 0.1) is 0 Å². The number of nitrogens with zero attached hydrogens (tertiary/aromatic N) is 1. The lowest BCUT2D eigenvalue weighted by Gasteiger charge is -2.35. The monoisotopic (exact) mass is 277 g/mol. The van der Waals surface area contributed by atoms with Crippen LogP contribution in [0.3, 0.4) is 0 Å². The molecule has 0 bridgehead atoms. The first-order valence-corrected chi connectivity index (χ1v) is 7.87. The van der Waals surface area contributed by atoms with Crippen molar-refractivity contribution in [3.63, 3.8) is 0 Å². The van der Waals surface area contributed by atoms with Gasteiger partial charge in [0.1, 0.15) is 11.8 Å². The van der Waals surface area contributed by atoms with Crippen LogP contribution in [0.4, 0.5) is 0 Å². The van der Waals surface area contributed by atoms with Crippen molar-refractivity contribution in [2.24, 2.45) is 0 Å². The van der Waals surface area contributed by atoms with Crippen LogP contribution in [0.2, 0.25) is 0 Å². The Morgan fingerprint density at radius 2 is 2.11 bits per heavy atom. The molecule has 7 nitrogen and oxygen atoms in total. The second-order valence-corrected chi connectivity index (χ2v) is 6.41. The Morgan fingerprint density at radius 1 is 1.44 bits per heavy atom. The van der Waals surface area contributed by atoms with Gasteiger partial charge < -0.3 is 15.5 Å². The van der Waals surface area contributed by atoms with E-state index in [4.69, 9.17) is 0 Å². The zero-order valence-electron chi connectivity index (χ0n) is 10.6. The number of rotatable bonds is 4. The Kier molecular flexibility index (Phi) is 5.09. The number of likely N-dealkylation sites (N-methyl/N-ethyl adjacent to an activating group) is 1. The van der Waals surface area contributed by atoms with Gasteiger partial charge in [0, 0.05) is 32.4 Å². The van der Waals surface area contributed by atoms with Crippen LogP contribution in [0.5, 0.6) is 0 Å². The van der Waals surface area contributed by atoms with E-state index < -0.39 is 27.5 Å². The second kappa shape index (κ2) is 6.14. The summed E-state index contributed by atoms with van der Waals surface area (Å²) in [6.45, 7) is 3.52. The van der Waals surface area contributed by atoms with Crippen molar-refractivity contribution in [1.29, 1.82) is 0 Å². The number of carbonyl (C=O) groups excluding carboxylic acids is 2. The first kappa shape index (κ1) is 14.9. The van der Waals surface area contributed by atoms with Crippen molar-refractivity contribution < 1.29 is 18.0 Å². The third-order valence-electron chi connectivity index (χ3n) is 2.60. The Hall–Kier alpha value is -1.15. The van der Waals surface area contributed by atoms with Crippen LogP contribution in [0.1, 0.15) is 6.92 Å². The molecule has 1 aliphatic rings. The van der Waals surface area contributed by atoms with E-state index in [2.05, 4.69) is 10.6 Å². The summed E-state index contributed by atoms with van der Waals surface area (Å²) in [4.78, 5) is 25.0. The molecule has 0 spiro atoms. The van der Waals surface area contributed by atoms with Crippen molar-refractivity contribution in [1.82, 2.24) is 15.5 Å². The number of sulfone groups is 1. The van der Waals surface area contributed by atoms with E-state index in [1.807, 2.05) is 0 Å². The minimum Gasteiger partial charge on any atom is -0.355 e. The molecule has 0 aliphatic carbocycles. The first-order valence-electron chi connectivity index (χ1n) is 5.80. The van der Waals surface area contributed by atoms with Crippen molar-refractivity contribution in [3.05, 3.63) is 0 Å². The van der Waals surface area contributed by atoms with Gasteiger partial charge >= 0.3 is 0 Å². The highest BCUT2D eigenvalue weighted by molar-refractivity contribution is 7.91. The average molecular weight is 277 g/mol. The van der Waals surface area contributed by atoms with Crippen LogP contribution in [0.25, 0.3) is 0 Å².